The Balaban J connectivity index is 1.88. The molecular formula is C17H22N4O4+2. The van der Waals surface area contributed by atoms with Crippen LogP contribution in [0.25, 0.3) is 0 Å². The number of aromatic nitrogens is 2. The summed E-state index contributed by atoms with van der Waals surface area (Å²) in [5.74, 6) is 0.840. The van der Waals surface area contributed by atoms with E-state index in [0.29, 0.717) is 11.5 Å². The van der Waals surface area contributed by atoms with Gasteiger partial charge in [0.15, 0.2) is 23.9 Å². The van der Waals surface area contributed by atoms with E-state index in [1.807, 2.05) is 26.5 Å². The van der Waals surface area contributed by atoms with Crippen LogP contribution in [0.2, 0.25) is 0 Å². The first-order valence-corrected chi connectivity index (χ1v) is 7.61. The fourth-order valence-electron chi connectivity index (χ4n) is 2.03. The maximum Gasteiger partial charge on any atom is 0.416 e. The van der Waals surface area contributed by atoms with Crippen molar-refractivity contribution < 1.29 is 28.2 Å². The molecule has 0 aliphatic carbocycles. The predicted octanol–water partition coefficient (Wildman–Crippen LogP) is 0.855. The number of ether oxygens (including phenoxy) is 2. The van der Waals surface area contributed by atoms with Crippen LogP contribution in [0.5, 0.6) is 11.5 Å². The van der Waals surface area contributed by atoms with E-state index in [9.17, 15) is 9.59 Å². The third kappa shape index (κ3) is 5.45. The number of hydrogen-bond acceptors (Lipinski definition) is 4. The van der Waals surface area contributed by atoms with E-state index in [0.717, 1.165) is 0 Å². The Morgan fingerprint density at radius 2 is 1.28 bits per heavy atom. The van der Waals surface area contributed by atoms with E-state index in [1.54, 1.807) is 45.8 Å². The molecule has 0 aliphatic rings. The van der Waals surface area contributed by atoms with E-state index in [-0.39, 0.29) is 6.67 Å². The van der Waals surface area contributed by atoms with Crippen LogP contribution in [-0.2, 0) is 14.1 Å². The average molecular weight is 346 g/mol. The molecule has 0 spiro atoms. The smallest absolute Gasteiger partial charge is 0.404 e. The predicted molar refractivity (Wildman–Crippen MR) is 87.7 cm³/mol. The van der Waals surface area contributed by atoms with Gasteiger partial charge in [0.1, 0.15) is 20.8 Å². The van der Waals surface area contributed by atoms with Gasteiger partial charge in [-0.1, -0.05) is 0 Å². The average Bonchev–Trinajstić information content (AvgIpc) is 2.54. The number of nitrogens with zero attached hydrogens (tertiary/aromatic N) is 4. The van der Waals surface area contributed by atoms with E-state index >= 15 is 0 Å². The van der Waals surface area contributed by atoms with Crippen molar-refractivity contribution in [1.29, 1.82) is 0 Å². The summed E-state index contributed by atoms with van der Waals surface area (Å²) in [6.07, 6.45) is 5.87. The van der Waals surface area contributed by atoms with Crippen molar-refractivity contribution in [2.24, 2.45) is 14.1 Å². The highest BCUT2D eigenvalue weighted by atomic mass is 16.6. The number of aryl methyl sites for hydroxylation is 2. The van der Waals surface area contributed by atoms with E-state index < -0.39 is 12.2 Å². The summed E-state index contributed by atoms with van der Waals surface area (Å²) >= 11 is 0. The molecule has 0 aromatic carbocycles. The summed E-state index contributed by atoms with van der Waals surface area (Å²) in [6, 6.07) is 6.90. The minimum atomic E-state index is -0.572. The van der Waals surface area contributed by atoms with E-state index in [1.165, 1.54) is 23.9 Å². The van der Waals surface area contributed by atoms with Crippen LogP contribution in [0.4, 0.5) is 9.59 Å². The first-order valence-electron chi connectivity index (χ1n) is 7.61. The van der Waals surface area contributed by atoms with Gasteiger partial charge in [-0.3, -0.25) is 9.80 Å². The number of carbonyl (C=O) groups is 2. The SMILES string of the molecule is CN(CN(C)C(=O)Oc1ccc[n+](C)c1)C(=O)Oc1ccc[n+](C)c1. The first-order chi connectivity index (χ1) is 11.8. The standard InChI is InChI=1S/C17H22N4O4/c1-18-9-5-7-14(11-18)24-16(22)20(3)13-21(4)17(23)25-15-8-6-10-19(2)12-15/h5-12H,13H2,1-4H3/q+2. The van der Waals surface area contributed by atoms with Crippen molar-refractivity contribution in [2.75, 3.05) is 20.8 Å². The van der Waals surface area contributed by atoms with Crippen molar-refractivity contribution in [3.05, 3.63) is 49.1 Å². The largest absolute Gasteiger partial charge is 0.416 e. The molecule has 8 heteroatoms. The lowest BCUT2D eigenvalue weighted by atomic mass is 10.4. The van der Waals surface area contributed by atoms with Crippen LogP contribution in [0.1, 0.15) is 0 Å². The molecule has 0 atom stereocenters. The van der Waals surface area contributed by atoms with Crippen molar-refractivity contribution in [3.8, 4) is 11.5 Å². The minimum absolute atomic E-state index is 0.0234. The quantitative estimate of drug-likeness (QED) is 0.608. The van der Waals surface area contributed by atoms with Crippen LogP contribution >= 0.6 is 0 Å². The zero-order valence-corrected chi connectivity index (χ0v) is 14.7. The lowest BCUT2D eigenvalue weighted by molar-refractivity contribution is -0.671. The lowest BCUT2D eigenvalue weighted by Gasteiger charge is -2.23. The second-order valence-electron chi connectivity index (χ2n) is 5.68. The summed E-state index contributed by atoms with van der Waals surface area (Å²) in [6.45, 7) is 0.0234. The molecule has 0 bridgehead atoms. The zero-order valence-electron chi connectivity index (χ0n) is 14.7. The molecule has 0 aliphatic heterocycles. The highest BCUT2D eigenvalue weighted by Crippen LogP contribution is 2.09. The number of carbonyl (C=O) groups excluding carboxylic acids is 2. The van der Waals surface area contributed by atoms with Gasteiger partial charge in [0, 0.05) is 26.2 Å². The van der Waals surface area contributed by atoms with Gasteiger partial charge in [0.2, 0.25) is 12.4 Å². The van der Waals surface area contributed by atoms with Crippen LogP contribution in [0.3, 0.4) is 0 Å². The van der Waals surface area contributed by atoms with Gasteiger partial charge in [-0.05, 0) is 12.1 Å². The monoisotopic (exact) mass is 346 g/mol. The van der Waals surface area contributed by atoms with Gasteiger partial charge >= 0.3 is 12.2 Å². The number of amides is 2. The van der Waals surface area contributed by atoms with Crippen LogP contribution < -0.4 is 18.6 Å². The Kier molecular flexibility index (Phi) is 5.89. The molecule has 0 saturated carbocycles. The summed E-state index contributed by atoms with van der Waals surface area (Å²) in [7, 11) is 6.73. The molecule has 0 N–H and O–H groups in total. The number of pyridine rings is 2. The van der Waals surface area contributed by atoms with Crippen molar-refractivity contribution >= 4 is 12.2 Å². The van der Waals surface area contributed by atoms with Crippen LogP contribution in [0, 0.1) is 0 Å². The Morgan fingerprint density at radius 3 is 1.64 bits per heavy atom. The zero-order chi connectivity index (χ0) is 18.4. The molecule has 2 heterocycles. The maximum absolute atomic E-state index is 12.1. The van der Waals surface area contributed by atoms with Gasteiger partial charge < -0.3 is 9.47 Å². The Morgan fingerprint density at radius 1 is 0.880 bits per heavy atom. The van der Waals surface area contributed by atoms with Crippen molar-refractivity contribution in [2.45, 2.75) is 0 Å². The van der Waals surface area contributed by atoms with Gasteiger partial charge in [-0.2, -0.15) is 0 Å². The highest BCUT2D eigenvalue weighted by molar-refractivity contribution is 5.72. The molecule has 25 heavy (non-hydrogen) atoms. The minimum Gasteiger partial charge on any atom is -0.404 e. The topological polar surface area (TPSA) is 66.8 Å². The Hall–Kier alpha value is -3.16. The second kappa shape index (κ2) is 8.09. The third-order valence-electron chi connectivity index (χ3n) is 3.28. The molecular weight excluding hydrogens is 324 g/mol. The molecule has 8 nitrogen and oxygen atoms in total. The molecule has 0 saturated heterocycles. The Labute approximate surface area is 146 Å². The molecule has 0 fully saturated rings. The van der Waals surface area contributed by atoms with Gasteiger partial charge in [-0.15, -0.1) is 0 Å². The summed E-state index contributed by atoms with van der Waals surface area (Å²) < 4.78 is 14.1. The van der Waals surface area contributed by atoms with Crippen molar-refractivity contribution in [1.82, 2.24) is 9.80 Å². The fraction of sp³-hybridized carbons (Fsp3) is 0.294. The molecule has 2 aromatic rings. The van der Waals surface area contributed by atoms with Crippen molar-refractivity contribution in [3.63, 3.8) is 0 Å². The summed E-state index contributed by atoms with van der Waals surface area (Å²) in [4.78, 5) is 26.7. The molecule has 2 aromatic heterocycles. The molecule has 0 unspecified atom stereocenters. The molecule has 2 rings (SSSR count). The molecule has 2 amide bonds. The Bertz CT molecular complexity index is 702. The molecule has 0 radical (unpaired) electrons. The first kappa shape index (κ1) is 18.2. The third-order valence-corrected chi connectivity index (χ3v) is 3.28. The maximum atomic E-state index is 12.1. The second-order valence-corrected chi connectivity index (χ2v) is 5.68. The summed E-state index contributed by atoms with van der Waals surface area (Å²) in [5, 5.41) is 0. The van der Waals surface area contributed by atoms with Gasteiger partial charge in [0.25, 0.3) is 0 Å². The fourth-order valence-corrected chi connectivity index (χ4v) is 2.03. The lowest BCUT2D eigenvalue weighted by Crippen LogP contribution is -2.42. The van der Waals surface area contributed by atoms with Crippen LogP contribution in [-0.4, -0.2) is 42.8 Å². The molecule has 132 valence electrons. The summed E-state index contributed by atoms with van der Waals surface area (Å²) in [5.41, 5.74) is 0. The van der Waals surface area contributed by atoms with E-state index in [2.05, 4.69) is 0 Å². The van der Waals surface area contributed by atoms with Gasteiger partial charge in [0.05, 0.1) is 0 Å². The normalized spacial score (nSPS) is 10.1. The number of rotatable bonds is 4. The van der Waals surface area contributed by atoms with Crippen LogP contribution in [0.15, 0.2) is 49.1 Å². The van der Waals surface area contributed by atoms with Gasteiger partial charge in [-0.25, -0.2) is 18.7 Å². The highest BCUT2D eigenvalue weighted by Gasteiger charge is 2.19. The van der Waals surface area contributed by atoms with E-state index in [4.69, 9.17) is 9.47 Å². The number of hydrogen-bond donors (Lipinski definition) is 0.